The summed E-state index contributed by atoms with van der Waals surface area (Å²) in [6, 6.07) is 7.19. The first-order valence-corrected chi connectivity index (χ1v) is 8.31. The molecule has 1 amide bonds. The lowest BCUT2D eigenvalue weighted by Gasteiger charge is -2.34. The minimum Gasteiger partial charge on any atom is -0.481 e. The summed E-state index contributed by atoms with van der Waals surface area (Å²) in [6.45, 7) is 3.19. The Hall–Kier alpha value is -2.34. The van der Waals surface area contributed by atoms with Gasteiger partial charge in [0.05, 0.1) is 12.8 Å². The van der Waals surface area contributed by atoms with Gasteiger partial charge in [-0.15, -0.1) is 0 Å². The van der Waals surface area contributed by atoms with Gasteiger partial charge in [0.25, 0.3) is 5.91 Å². The molecule has 2 N–H and O–H groups in total. The zero-order chi connectivity index (χ0) is 16.9. The Balaban J connectivity index is 1.62. The number of piperidine rings is 1. The number of nitrogens with zero attached hydrogens (tertiary/aromatic N) is 2. The van der Waals surface area contributed by atoms with Crippen molar-refractivity contribution in [3.05, 3.63) is 47.8 Å². The van der Waals surface area contributed by atoms with E-state index in [2.05, 4.69) is 10.2 Å². The van der Waals surface area contributed by atoms with Crippen molar-refractivity contribution in [3.63, 3.8) is 0 Å². The number of H-pyrrole nitrogens is 1. The Morgan fingerprint density at radius 2 is 2.42 bits per heavy atom. The predicted molar refractivity (Wildman–Crippen MR) is 89.6 cm³/mol. The van der Waals surface area contributed by atoms with E-state index in [9.17, 15) is 9.90 Å². The second kappa shape index (κ2) is 7.49. The molecule has 0 bridgehead atoms. The molecule has 6 heteroatoms. The van der Waals surface area contributed by atoms with Crippen molar-refractivity contribution in [1.29, 1.82) is 0 Å². The normalized spacial score (nSPS) is 19.1. The summed E-state index contributed by atoms with van der Waals surface area (Å²) in [7, 11) is 0. The molecule has 0 spiro atoms. The van der Waals surface area contributed by atoms with Crippen LogP contribution in [0.4, 0.5) is 0 Å². The molecule has 1 saturated heterocycles. The van der Waals surface area contributed by atoms with E-state index in [0.29, 0.717) is 18.2 Å². The molecule has 1 aromatic carbocycles. The molecule has 1 aromatic heterocycles. The van der Waals surface area contributed by atoms with Gasteiger partial charge in [-0.25, -0.2) is 0 Å². The van der Waals surface area contributed by atoms with E-state index in [-0.39, 0.29) is 12.5 Å². The van der Waals surface area contributed by atoms with Crippen molar-refractivity contribution in [3.8, 4) is 5.75 Å². The topological polar surface area (TPSA) is 78.5 Å². The molecule has 128 valence electrons. The molecule has 2 heterocycles. The molecule has 2 aromatic rings. The standard InChI is InChI=1S/C18H23N3O3/c1-13(24-17-6-2-4-14(8-17)12-22)18(23)21-7-3-5-15(11-21)16-9-19-20-10-16/h2,4,6,8-10,13,15,22H,3,5,7,11-12H2,1H3,(H,19,20). The lowest BCUT2D eigenvalue weighted by atomic mass is 9.92. The first kappa shape index (κ1) is 16.5. The fourth-order valence-electron chi connectivity index (χ4n) is 3.16. The van der Waals surface area contributed by atoms with Crippen LogP contribution >= 0.6 is 0 Å². The first-order valence-electron chi connectivity index (χ1n) is 8.31. The summed E-state index contributed by atoms with van der Waals surface area (Å²) in [5.74, 6) is 0.926. The molecule has 1 aliphatic rings. The van der Waals surface area contributed by atoms with E-state index in [1.54, 1.807) is 19.1 Å². The van der Waals surface area contributed by atoms with Gasteiger partial charge in [-0.2, -0.15) is 5.10 Å². The molecule has 2 atom stereocenters. The number of benzene rings is 1. The number of carbonyl (C=O) groups excluding carboxylic acids is 1. The summed E-state index contributed by atoms with van der Waals surface area (Å²) in [5, 5.41) is 16.0. The Morgan fingerprint density at radius 3 is 3.17 bits per heavy atom. The van der Waals surface area contributed by atoms with E-state index in [0.717, 1.165) is 30.5 Å². The zero-order valence-electron chi connectivity index (χ0n) is 13.8. The number of aliphatic hydroxyl groups is 1. The fourth-order valence-corrected chi connectivity index (χ4v) is 3.16. The molecule has 3 rings (SSSR count). The number of ether oxygens (including phenoxy) is 1. The Morgan fingerprint density at radius 1 is 1.54 bits per heavy atom. The second-order valence-corrected chi connectivity index (χ2v) is 6.22. The summed E-state index contributed by atoms with van der Waals surface area (Å²) >= 11 is 0. The molecular formula is C18H23N3O3. The number of carbonyl (C=O) groups is 1. The van der Waals surface area contributed by atoms with Crippen LogP contribution in [0.5, 0.6) is 5.75 Å². The van der Waals surface area contributed by atoms with Crippen LogP contribution in [0.15, 0.2) is 36.7 Å². The van der Waals surface area contributed by atoms with Gasteiger partial charge in [0, 0.05) is 25.2 Å². The van der Waals surface area contributed by atoms with E-state index in [1.807, 2.05) is 29.4 Å². The highest BCUT2D eigenvalue weighted by Gasteiger charge is 2.28. The molecule has 0 radical (unpaired) electrons. The van der Waals surface area contributed by atoms with Crippen LogP contribution in [0.1, 0.15) is 36.8 Å². The maximum atomic E-state index is 12.7. The molecule has 2 unspecified atom stereocenters. The number of hydrogen-bond donors (Lipinski definition) is 2. The largest absolute Gasteiger partial charge is 0.481 e. The molecule has 1 aliphatic heterocycles. The first-order chi connectivity index (χ1) is 11.7. The third-order valence-corrected chi connectivity index (χ3v) is 4.47. The third-order valence-electron chi connectivity index (χ3n) is 4.47. The molecular weight excluding hydrogens is 306 g/mol. The highest BCUT2D eigenvalue weighted by molar-refractivity contribution is 5.81. The van der Waals surface area contributed by atoms with Gasteiger partial charge in [0.15, 0.2) is 6.10 Å². The van der Waals surface area contributed by atoms with Crippen molar-refractivity contribution in [1.82, 2.24) is 15.1 Å². The van der Waals surface area contributed by atoms with Crippen molar-refractivity contribution >= 4 is 5.91 Å². The SMILES string of the molecule is CC(Oc1cccc(CO)c1)C(=O)N1CCCC(c2cn[nH]c2)C1. The summed E-state index contributed by atoms with van der Waals surface area (Å²) in [5.41, 5.74) is 1.92. The van der Waals surface area contributed by atoms with Crippen molar-refractivity contribution in [2.24, 2.45) is 0 Å². The van der Waals surface area contributed by atoms with Crippen LogP contribution in [0.25, 0.3) is 0 Å². The van der Waals surface area contributed by atoms with Crippen LogP contribution in [0.3, 0.4) is 0 Å². The van der Waals surface area contributed by atoms with E-state index < -0.39 is 6.10 Å². The van der Waals surface area contributed by atoms with Crippen molar-refractivity contribution in [2.75, 3.05) is 13.1 Å². The minimum atomic E-state index is -0.554. The minimum absolute atomic E-state index is 0.00223. The van der Waals surface area contributed by atoms with E-state index >= 15 is 0 Å². The average molecular weight is 329 g/mol. The molecule has 6 nitrogen and oxygen atoms in total. The Kier molecular flexibility index (Phi) is 5.15. The van der Waals surface area contributed by atoms with Crippen molar-refractivity contribution in [2.45, 2.75) is 38.4 Å². The monoisotopic (exact) mass is 329 g/mol. The average Bonchev–Trinajstić information content (AvgIpc) is 3.16. The Bertz CT molecular complexity index is 672. The number of aromatic amines is 1. The van der Waals surface area contributed by atoms with Crippen molar-refractivity contribution < 1.29 is 14.6 Å². The number of hydrogen-bond acceptors (Lipinski definition) is 4. The highest BCUT2D eigenvalue weighted by Crippen LogP contribution is 2.27. The zero-order valence-corrected chi connectivity index (χ0v) is 13.8. The summed E-state index contributed by atoms with van der Waals surface area (Å²) in [4.78, 5) is 14.6. The number of aliphatic hydroxyl groups excluding tert-OH is 1. The second-order valence-electron chi connectivity index (χ2n) is 6.22. The molecule has 24 heavy (non-hydrogen) atoms. The number of likely N-dealkylation sites (tertiary alicyclic amines) is 1. The third kappa shape index (κ3) is 3.76. The highest BCUT2D eigenvalue weighted by atomic mass is 16.5. The smallest absolute Gasteiger partial charge is 0.263 e. The molecule has 1 fully saturated rings. The fraction of sp³-hybridized carbons (Fsp3) is 0.444. The van der Waals surface area contributed by atoms with Gasteiger partial charge >= 0.3 is 0 Å². The quantitative estimate of drug-likeness (QED) is 0.880. The maximum absolute atomic E-state index is 12.7. The van der Waals surface area contributed by atoms with E-state index in [1.165, 1.54) is 0 Å². The predicted octanol–water partition coefficient (Wildman–Crippen LogP) is 2.08. The number of aromatic nitrogens is 2. The number of nitrogens with one attached hydrogen (secondary N) is 1. The number of amides is 1. The number of rotatable bonds is 5. The van der Waals surface area contributed by atoms with Crippen LogP contribution in [0, 0.1) is 0 Å². The Labute approximate surface area is 141 Å². The van der Waals surface area contributed by atoms with Gasteiger partial charge in [-0.05, 0) is 43.0 Å². The van der Waals surface area contributed by atoms with Gasteiger partial charge in [-0.3, -0.25) is 9.89 Å². The van der Waals surface area contributed by atoms with Crippen LogP contribution in [-0.2, 0) is 11.4 Å². The maximum Gasteiger partial charge on any atom is 0.263 e. The summed E-state index contributed by atoms with van der Waals surface area (Å²) in [6.07, 6.45) is 5.23. The van der Waals surface area contributed by atoms with Gasteiger partial charge < -0.3 is 14.7 Å². The van der Waals surface area contributed by atoms with Crippen LogP contribution in [0.2, 0.25) is 0 Å². The molecule has 0 aliphatic carbocycles. The van der Waals surface area contributed by atoms with Gasteiger partial charge in [-0.1, -0.05) is 12.1 Å². The van der Waals surface area contributed by atoms with Crippen LogP contribution < -0.4 is 4.74 Å². The lowest BCUT2D eigenvalue weighted by molar-refractivity contribution is -0.139. The van der Waals surface area contributed by atoms with Crippen LogP contribution in [-0.4, -0.2) is 45.3 Å². The van der Waals surface area contributed by atoms with Gasteiger partial charge in [0.1, 0.15) is 5.75 Å². The summed E-state index contributed by atoms with van der Waals surface area (Å²) < 4.78 is 5.78. The molecule has 0 saturated carbocycles. The lowest BCUT2D eigenvalue weighted by Crippen LogP contribution is -2.45. The van der Waals surface area contributed by atoms with Gasteiger partial charge in [0.2, 0.25) is 0 Å². The van der Waals surface area contributed by atoms with E-state index in [4.69, 9.17) is 4.74 Å².